The molecule has 20 heteroatoms. The van der Waals surface area contributed by atoms with E-state index in [1.165, 1.54) is 28.4 Å². The second-order valence-electron chi connectivity index (χ2n) is 10.5. The zero-order valence-corrected chi connectivity index (χ0v) is 34.6. The first kappa shape index (κ1) is 42.7. The van der Waals surface area contributed by atoms with Crippen molar-refractivity contribution >= 4 is 65.4 Å². The highest BCUT2D eigenvalue weighted by molar-refractivity contribution is 8.02. The number of nitrogens with zero attached hydrogens (tertiary/aromatic N) is 5. The summed E-state index contributed by atoms with van der Waals surface area (Å²) in [6.07, 6.45) is 3.77. The molecule has 0 saturated heterocycles. The molecule has 0 aliphatic heterocycles. The molecule has 276 valence electrons. The van der Waals surface area contributed by atoms with E-state index in [2.05, 4.69) is 10.2 Å². The lowest BCUT2D eigenvalue weighted by Crippen LogP contribution is -2.29. The molecule has 51 heavy (non-hydrogen) atoms. The molecule has 0 saturated carbocycles. The van der Waals surface area contributed by atoms with Crippen LogP contribution in [0.4, 0.5) is 0 Å². The maximum Gasteiger partial charge on any atom is 0.540 e. The first-order chi connectivity index (χ1) is 24.3. The van der Waals surface area contributed by atoms with E-state index in [1.807, 2.05) is 72.8 Å². The van der Waals surface area contributed by atoms with E-state index < -0.39 is 29.3 Å². The van der Waals surface area contributed by atoms with Gasteiger partial charge in [0, 0.05) is 35.0 Å². The van der Waals surface area contributed by atoms with Gasteiger partial charge >= 0.3 is 29.3 Å². The van der Waals surface area contributed by atoms with Gasteiger partial charge in [0.2, 0.25) is 23.6 Å². The first-order valence-corrected chi connectivity index (χ1v) is 23.1. The van der Waals surface area contributed by atoms with Crippen molar-refractivity contribution in [3.63, 3.8) is 0 Å². The predicted octanol–water partition coefficient (Wildman–Crippen LogP) is 7.66. The second-order valence-corrected chi connectivity index (χ2v) is 19.3. The fourth-order valence-electron chi connectivity index (χ4n) is 4.05. The molecule has 0 aromatic heterocycles. The van der Waals surface area contributed by atoms with E-state index in [0.29, 0.717) is 24.5 Å². The van der Waals surface area contributed by atoms with Crippen molar-refractivity contribution in [3.8, 4) is 17.2 Å². The Morgan fingerprint density at radius 2 is 1.00 bits per heavy atom. The summed E-state index contributed by atoms with van der Waals surface area (Å²) in [6, 6.07) is 22.3. The average molecular weight is 818 g/mol. The predicted molar refractivity (Wildman–Crippen MR) is 210 cm³/mol. The van der Waals surface area contributed by atoms with Crippen LogP contribution in [0, 0.1) is 0 Å². The average Bonchev–Trinajstić information content (AvgIpc) is 3.16. The number of methoxy groups -OCH3 is 1. The molecule has 0 heterocycles. The molecule has 2 atom stereocenters. The minimum Gasteiger partial charge on any atom is -0.497 e. The van der Waals surface area contributed by atoms with Gasteiger partial charge in [-0.2, -0.15) is 0 Å². The Morgan fingerprint density at radius 3 is 1.37 bits per heavy atom. The van der Waals surface area contributed by atoms with Gasteiger partial charge in [-0.05, 0) is 83.8 Å². The van der Waals surface area contributed by atoms with Gasteiger partial charge in [-0.25, -0.2) is 0 Å². The number of hydrazone groups is 2. The van der Waals surface area contributed by atoms with E-state index in [-0.39, 0.29) is 12.6 Å². The van der Waals surface area contributed by atoms with Crippen LogP contribution in [0.1, 0.15) is 16.7 Å². The van der Waals surface area contributed by atoms with Crippen LogP contribution in [-0.4, -0.2) is 95.6 Å². The number of rotatable bonds is 22. The molecule has 0 spiro atoms. The van der Waals surface area contributed by atoms with Gasteiger partial charge < -0.3 is 22.8 Å². The maximum absolute atomic E-state index is 12.8. The summed E-state index contributed by atoms with van der Waals surface area (Å²) in [7, 11) is 0.611. The third-order valence-corrected chi connectivity index (χ3v) is 14.6. The molecule has 0 aliphatic rings. The number of hydrogen-bond donors (Lipinski definition) is 0. The van der Waals surface area contributed by atoms with Gasteiger partial charge in [0.1, 0.15) is 18.3 Å². The van der Waals surface area contributed by atoms with E-state index in [0.717, 1.165) is 22.4 Å². The van der Waals surface area contributed by atoms with Crippen LogP contribution >= 0.6 is 29.3 Å². The Hall–Kier alpha value is -2.70. The molecular weight excluding hydrogens is 774 g/mol. The summed E-state index contributed by atoms with van der Waals surface area (Å²) in [6.45, 7) is 0.387. The van der Waals surface area contributed by atoms with Crippen LogP contribution in [0.2, 0.25) is 0 Å². The fourth-order valence-corrected chi connectivity index (χ4v) is 8.31. The number of hydrogen-bond acceptors (Lipinski definition) is 14. The zero-order valence-electron chi connectivity index (χ0n) is 29.4. The summed E-state index contributed by atoms with van der Waals surface area (Å²) in [5.74, 6) is 1.98. The smallest absolute Gasteiger partial charge is 0.497 e. The van der Waals surface area contributed by atoms with Gasteiger partial charge in [-0.1, -0.05) is 21.7 Å². The van der Waals surface area contributed by atoms with Crippen LogP contribution in [-0.2, 0) is 57.3 Å². The summed E-state index contributed by atoms with van der Waals surface area (Å²) < 4.78 is 66.2. The molecule has 3 aromatic rings. The largest absolute Gasteiger partial charge is 0.540 e. The van der Waals surface area contributed by atoms with Crippen molar-refractivity contribution in [2.75, 3.05) is 68.8 Å². The standard InChI is InChI=1S/C31H43N5O9P4S2/c1-34(32-22-27-10-14-29(39-3)15-11-27)47(51)45-31-18-12-28(13-19-31)23-33-35(2)46(50)44-30-16-8-26(9-17-30)20-21-36(24-48(37,40-4)41-5)25-49(38,42-6)43-7/h8-19,22-23H,20-21,24-25H2,1-7H3/q+2/b32-22+,33-23+. The molecule has 0 amide bonds. The van der Waals surface area contributed by atoms with Crippen LogP contribution in [0.3, 0.4) is 0 Å². The Bertz CT molecular complexity index is 1690. The van der Waals surface area contributed by atoms with Crippen LogP contribution < -0.4 is 13.8 Å². The molecule has 14 nitrogen and oxygen atoms in total. The monoisotopic (exact) mass is 817 g/mol. The van der Waals surface area contributed by atoms with Crippen LogP contribution in [0.5, 0.6) is 17.2 Å². The van der Waals surface area contributed by atoms with Crippen molar-refractivity contribution < 1.29 is 41.0 Å². The van der Waals surface area contributed by atoms with E-state index in [9.17, 15) is 9.13 Å². The van der Waals surface area contributed by atoms with Crippen LogP contribution in [0.15, 0.2) is 83.0 Å². The van der Waals surface area contributed by atoms with Crippen molar-refractivity contribution in [3.05, 3.63) is 89.5 Å². The van der Waals surface area contributed by atoms with Gasteiger partial charge in [-0.3, -0.25) is 23.1 Å². The Labute approximate surface area is 311 Å². The van der Waals surface area contributed by atoms with E-state index in [4.69, 9.17) is 55.5 Å². The normalized spacial score (nSPS) is 12.7. The lowest BCUT2D eigenvalue weighted by Gasteiger charge is -2.27. The van der Waals surface area contributed by atoms with Gasteiger partial charge in [0.05, 0.1) is 33.6 Å². The minimum atomic E-state index is -3.42. The highest BCUT2D eigenvalue weighted by atomic mass is 32.4. The third-order valence-electron chi connectivity index (χ3n) is 7.08. The van der Waals surface area contributed by atoms with Crippen molar-refractivity contribution in [2.24, 2.45) is 10.2 Å². The first-order valence-electron chi connectivity index (χ1n) is 15.2. The second kappa shape index (κ2) is 21.1. The molecule has 0 fully saturated rings. The van der Waals surface area contributed by atoms with Crippen molar-refractivity contribution in [1.29, 1.82) is 0 Å². The van der Waals surface area contributed by atoms with Crippen molar-refractivity contribution in [2.45, 2.75) is 6.42 Å². The highest BCUT2D eigenvalue weighted by Gasteiger charge is 2.31. The molecule has 0 N–H and O–H groups in total. The van der Waals surface area contributed by atoms with Crippen molar-refractivity contribution in [1.82, 2.24) is 14.5 Å². The quantitative estimate of drug-likeness (QED) is 0.0558. The van der Waals surface area contributed by atoms with Gasteiger partial charge in [0.25, 0.3) is 0 Å². The van der Waals surface area contributed by atoms with E-state index >= 15 is 0 Å². The Kier molecular flexibility index (Phi) is 17.7. The van der Waals surface area contributed by atoms with Gasteiger partial charge in [0.15, 0.2) is 11.5 Å². The molecule has 2 unspecified atom stereocenters. The number of ether oxygens (including phenoxy) is 1. The number of benzene rings is 3. The lowest BCUT2D eigenvalue weighted by atomic mass is 10.1. The molecule has 3 aromatic carbocycles. The minimum absolute atomic E-state index is 0.0849. The Balaban J connectivity index is 1.50. The Morgan fingerprint density at radius 1 is 0.627 bits per heavy atom. The van der Waals surface area contributed by atoms with Gasteiger partial charge in [-0.15, -0.1) is 10.2 Å². The summed E-state index contributed by atoms with van der Waals surface area (Å²) >= 11 is 11.1. The topological polar surface area (TPSA) is 133 Å². The summed E-state index contributed by atoms with van der Waals surface area (Å²) in [5.41, 5.74) is 2.72. The molecular formula is C31H43N5O9P4S2+2. The summed E-state index contributed by atoms with van der Waals surface area (Å²) in [5, 5.41) is 8.84. The van der Waals surface area contributed by atoms with Crippen LogP contribution in [0.25, 0.3) is 0 Å². The fraction of sp³-hybridized carbons (Fsp3) is 0.355. The SMILES string of the molecule is COc1ccc(/C=N/N(C)[P+](=S)Oc2ccc(/C=N/N(C)[P+](=S)Oc3ccc(CCN(CP(=O)(OC)OC)CP(=O)(OC)OC)cc3)cc2)cc1. The molecule has 3 rings (SSSR count). The lowest BCUT2D eigenvalue weighted by molar-refractivity contribution is 0.224. The highest BCUT2D eigenvalue weighted by Crippen LogP contribution is 2.51. The maximum atomic E-state index is 12.8. The third kappa shape index (κ3) is 14.3. The van der Waals surface area contributed by atoms with E-state index in [1.54, 1.807) is 48.1 Å². The molecule has 0 aliphatic carbocycles. The molecule has 0 bridgehead atoms. The zero-order chi connectivity index (χ0) is 37.4. The molecule has 0 radical (unpaired) electrons. The summed E-state index contributed by atoms with van der Waals surface area (Å²) in [4.78, 5) is 1.68.